The molecule has 32 heavy (non-hydrogen) atoms. The van der Waals surface area contributed by atoms with Crippen molar-refractivity contribution in [2.24, 2.45) is 0 Å². The summed E-state index contributed by atoms with van der Waals surface area (Å²) < 4.78 is 10.5. The first-order chi connectivity index (χ1) is 15.3. The van der Waals surface area contributed by atoms with Crippen LogP contribution in [-0.4, -0.2) is 59.7 Å². The third-order valence-corrected chi connectivity index (χ3v) is 5.71. The second-order valence-corrected chi connectivity index (χ2v) is 9.03. The molecule has 2 N–H and O–H groups in total. The number of carboxylic acids is 1. The second kappa shape index (κ2) is 21.1. The molecule has 0 aliphatic heterocycles. The maximum Gasteiger partial charge on any atom is 0.322 e. The molecule has 0 aromatic carbocycles. The highest BCUT2D eigenvalue weighted by Crippen LogP contribution is 2.15. The fourth-order valence-corrected chi connectivity index (χ4v) is 3.84. The number of carboxylic acid groups (broad SMARTS) is 1. The van der Waals surface area contributed by atoms with Gasteiger partial charge >= 0.3 is 17.9 Å². The van der Waals surface area contributed by atoms with E-state index in [-0.39, 0.29) is 31.9 Å². The van der Waals surface area contributed by atoms with E-state index in [1.165, 1.54) is 57.2 Å². The molecule has 0 rings (SSSR count). The number of ether oxygens (including phenoxy) is 2. The van der Waals surface area contributed by atoms with Crippen molar-refractivity contribution in [2.75, 3.05) is 24.7 Å². The van der Waals surface area contributed by atoms with E-state index in [0.717, 1.165) is 19.3 Å². The number of rotatable bonds is 21. The van der Waals surface area contributed by atoms with E-state index in [2.05, 4.69) is 12.2 Å². The fraction of sp³-hybridized carbons (Fsp3) is 0.826. The van der Waals surface area contributed by atoms with Gasteiger partial charge in [0.15, 0.2) is 0 Å². The molecule has 0 saturated heterocycles. The molecule has 1 unspecified atom stereocenters. The molecule has 0 heterocycles. The number of aliphatic carboxylic acids is 1. The Balaban J connectivity index is 3.86. The normalized spacial score (nSPS) is 11.6. The van der Waals surface area contributed by atoms with Crippen molar-refractivity contribution in [1.82, 2.24) is 5.32 Å². The van der Waals surface area contributed by atoms with E-state index in [4.69, 9.17) is 14.6 Å². The van der Waals surface area contributed by atoms with Crippen LogP contribution >= 0.6 is 11.8 Å². The summed E-state index contributed by atoms with van der Waals surface area (Å²) in [4.78, 5) is 45.1. The lowest BCUT2D eigenvalue weighted by atomic mass is 10.0. The predicted octanol–water partition coefficient (Wildman–Crippen LogP) is 4.10. The van der Waals surface area contributed by atoms with Gasteiger partial charge in [-0.15, -0.1) is 0 Å². The quantitative estimate of drug-likeness (QED) is 0.188. The molecule has 9 heteroatoms. The molecule has 0 aromatic heterocycles. The molecule has 0 saturated carbocycles. The summed E-state index contributed by atoms with van der Waals surface area (Å²) in [5.41, 5.74) is 0. The molecule has 0 fully saturated rings. The fourth-order valence-electron chi connectivity index (χ4n) is 3.11. The van der Waals surface area contributed by atoms with E-state index in [9.17, 15) is 19.2 Å². The Hall–Kier alpha value is -1.77. The van der Waals surface area contributed by atoms with Crippen LogP contribution in [0.3, 0.4) is 0 Å². The Morgan fingerprint density at radius 3 is 2.16 bits per heavy atom. The van der Waals surface area contributed by atoms with Gasteiger partial charge in [-0.2, -0.15) is 11.8 Å². The van der Waals surface area contributed by atoms with Crippen molar-refractivity contribution in [1.29, 1.82) is 0 Å². The minimum absolute atomic E-state index is 0.0544. The van der Waals surface area contributed by atoms with Crippen LogP contribution in [0.5, 0.6) is 0 Å². The van der Waals surface area contributed by atoms with Gasteiger partial charge < -0.3 is 19.9 Å². The SMILES string of the molecule is CCCCCCCCCCCC(CC(=O)OCCSCCC(=O)NCC(=O)O)OC(C)=O. The highest BCUT2D eigenvalue weighted by Gasteiger charge is 2.17. The zero-order valence-electron chi connectivity index (χ0n) is 19.7. The average Bonchev–Trinajstić information content (AvgIpc) is 2.73. The number of hydrogen-bond donors (Lipinski definition) is 2. The minimum atomic E-state index is -1.08. The van der Waals surface area contributed by atoms with Crippen LogP contribution in [0.25, 0.3) is 0 Å². The largest absolute Gasteiger partial charge is 0.480 e. The standard InChI is InChI=1S/C23H41NO7S/c1-3-4-5-6-7-8-9-10-11-12-20(31-19(2)25)17-23(29)30-14-16-32-15-13-21(26)24-18-22(27)28/h20H,3-18H2,1-2H3,(H,24,26)(H,27,28). The van der Waals surface area contributed by atoms with Crippen molar-refractivity contribution in [3.8, 4) is 0 Å². The van der Waals surface area contributed by atoms with Crippen molar-refractivity contribution >= 4 is 35.6 Å². The molecule has 0 bridgehead atoms. The number of nitrogens with one attached hydrogen (secondary N) is 1. The first-order valence-electron chi connectivity index (χ1n) is 11.7. The molecule has 0 radical (unpaired) electrons. The van der Waals surface area contributed by atoms with Gasteiger partial charge in [-0.05, 0) is 12.8 Å². The molecule has 186 valence electrons. The van der Waals surface area contributed by atoms with Gasteiger partial charge in [0.05, 0.1) is 6.42 Å². The van der Waals surface area contributed by atoms with Crippen molar-refractivity contribution in [3.05, 3.63) is 0 Å². The van der Waals surface area contributed by atoms with Crippen molar-refractivity contribution < 1.29 is 33.8 Å². The maximum atomic E-state index is 12.0. The van der Waals surface area contributed by atoms with Gasteiger partial charge in [-0.25, -0.2) is 0 Å². The number of esters is 2. The van der Waals surface area contributed by atoms with Crippen LogP contribution in [0.4, 0.5) is 0 Å². The van der Waals surface area contributed by atoms with Crippen LogP contribution in [0.15, 0.2) is 0 Å². The summed E-state index contributed by atoms with van der Waals surface area (Å²) >= 11 is 1.44. The highest BCUT2D eigenvalue weighted by atomic mass is 32.2. The van der Waals surface area contributed by atoms with E-state index in [1.54, 1.807) is 0 Å². The van der Waals surface area contributed by atoms with Gasteiger partial charge in [-0.3, -0.25) is 19.2 Å². The maximum absolute atomic E-state index is 12.0. The van der Waals surface area contributed by atoms with Crippen LogP contribution in [0.1, 0.15) is 90.9 Å². The summed E-state index contributed by atoms with van der Waals surface area (Å²) in [5.74, 6) is -1.14. The van der Waals surface area contributed by atoms with Crippen LogP contribution < -0.4 is 5.32 Å². The lowest BCUT2D eigenvalue weighted by Crippen LogP contribution is -2.29. The number of carbonyl (C=O) groups excluding carboxylic acids is 3. The Kier molecular flexibility index (Phi) is 19.9. The van der Waals surface area contributed by atoms with Gasteiger partial charge in [0, 0.05) is 24.9 Å². The number of unbranched alkanes of at least 4 members (excludes halogenated alkanes) is 8. The average molecular weight is 476 g/mol. The number of thioether (sulfide) groups is 1. The van der Waals surface area contributed by atoms with Gasteiger partial charge in [0.1, 0.15) is 19.3 Å². The Labute approximate surface area is 196 Å². The van der Waals surface area contributed by atoms with Gasteiger partial charge in [-0.1, -0.05) is 58.3 Å². The Morgan fingerprint density at radius 2 is 1.56 bits per heavy atom. The highest BCUT2D eigenvalue weighted by molar-refractivity contribution is 7.99. The summed E-state index contributed by atoms with van der Waals surface area (Å²) in [6, 6.07) is 0. The molecule has 8 nitrogen and oxygen atoms in total. The summed E-state index contributed by atoms with van der Waals surface area (Å²) in [5, 5.41) is 10.8. The lowest BCUT2D eigenvalue weighted by molar-refractivity contribution is -0.153. The van der Waals surface area contributed by atoms with Crippen LogP contribution in [0.2, 0.25) is 0 Å². The zero-order chi connectivity index (χ0) is 24.0. The zero-order valence-corrected chi connectivity index (χ0v) is 20.5. The molecular formula is C23H41NO7S. The molecule has 0 spiro atoms. The first-order valence-corrected chi connectivity index (χ1v) is 12.9. The van der Waals surface area contributed by atoms with Crippen molar-refractivity contribution in [2.45, 2.75) is 97.0 Å². The summed E-state index contributed by atoms with van der Waals surface area (Å²) in [6.07, 6.45) is 11.3. The molecular weight excluding hydrogens is 434 g/mol. The minimum Gasteiger partial charge on any atom is -0.480 e. The van der Waals surface area contributed by atoms with E-state index >= 15 is 0 Å². The number of hydrogen-bond acceptors (Lipinski definition) is 7. The molecule has 1 amide bonds. The van der Waals surface area contributed by atoms with Gasteiger partial charge in [0.25, 0.3) is 0 Å². The second-order valence-electron chi connectivity index (χ2n) is 7.81. The summed E-state index contributed by atoms with van der Waals surface area (Å²) in [7, 11) is 0. The first kappa shape index (κ1) is 30.2. The Bertz CT molecular complexity index is 542. The van der Waals surface area contributed by atoms with E-state index in [0.29, 0.717) is 17.9 Å². The third kappa shape index (κ3) is 21.5. The topological polar surface area (TPSA) is 119 Å². The monoisotopic (exact) mass is 475 g/mol. The van der Waals surface area contributed by atoms with Crippen LogP contribution in [0, 0.1) is 0 Å². The van der Waals surface area contributed by atoms with Crippen LogP contribution in [-0.2, 0) is 28.7 Å². The lowest BCUT2D eigenvalue weighted by Gasteiger charge is -2.16. The smallest absolute Gasteiger partial charge is 0.322 e. The molecule has 0 aliphatic carbocycles. The van der Waals surface area contributed by atoms with E-state index in [1.807, 2.05) is 0 Å². The number of carbonyl (C=O) groups is 4. The predicted molar refractivity (Wildman–Crippen MR) is 126 cm³/mol. The molecule has 1 atom stereocenters. The molecule has 0 aliphatic rings. The van der Waals surface area contributed by atoms with Gasteiger partial charge in [0.2, 0.25) is 5.91 Å². The Morgan fingerprint density at radius 1 is 0.938 bits per heavy atom. The molecule has 0 aromatic rings. The summed E-state index contributed by atoms with van der Waals surface area (Å²) in [6.45, 7) is 3.39. The third-order valence-electron chi connectivity index (χ3n) is 4.76. The van der Waals surface area contributed by atoms with Crippen molar-refractivity contribution in [3.63, 3.8) is 0 Å². The van der Waals surface area contributed by atoms with E-state index < -0.39 is 24.0 Å². The number of amides is 1.